The summed E-state index contributed by atoms with van der Waals surface area (Å²) in [6.07, 6.45) is 2.32. The molecule has 1 fully saturated rings. The van der Waals surface area contributed by atoms with Gasteiger partial charge in [-0.15, -0.1) is 11.3 Å². The maximum atomic E-state index is 12.6. The summed E-state index contributed by atoms with van der Waals surface area (Å²) in [5, 5.41) is 4.69. The molecule has 3 aromatic rings. The number of rotatable bonds is 10. The number of carbonyl (C=O) groups excluding carboxylic acids is 1. The molecule has 0 aliphatic heterocycles. The molecular formula is C22H21F2N3O4S2. The lowest BCUT2D eigenvalue weighted by molar-refractivity contribution is -0.116. The number of benzene rings is 2. The molecule has 174 valence electrons. The second-order valence-electron chi connectivity index (χ2n) is 7.50. The van der Waals surface area contributed by atoms with Gasteiger partial charge in [0.2, 0.25) is 15.9 Å². The van der Waals surface area contributed by atoms with Crippen molar-refractivity contribution in [3.63, 3.8) is 0 Å². The van der Waals surface area contributed by atoms with E-state index in [-0.39, 0.29) is 29.0 Å². The fraction of sp³-hybridized carbons (Fsp3) is 0.273. The van der Waals surface area contributed by atoms with Crippen LogP contribution in [0.5, 0.6) is 5.75 Å². The third-order valence-corrected chi connectivity index (χ3v) is 7.20. The average Bonchev–Trinajstić information content (AvgIpc) is 3.46. The van der Waals surface area contributed by atoms with Crippen molar-refractivity contribution in [2.45, 2.75) is 43.2 Å². The predicted octanol–water partition coefficient (Wildman–Crippen LogP) is 4.42. The lowest BCUT2D eigenvalue weighted by atomic mass is 10.1. The Bertz CT molecular complexity index is 1230. The number of para-hydroxylation sites is 1. The molecule has 0 spiro atoms. The number of hydrogen-bond acceptors (Lipinski definition) is 6. The van der Waals surface area contributed by atoms with E-state index < -0.39 is 16.6 Å². The molecule has 0 unspecified atom stereocenters. The third-order valence-electron chi connectivity index (χ3n) is 4.90. The number of anilines is 1. The minimum Gasteiger partial charge on any atom is -0.434 e. The number of thiazole rings is 1. The topological polar surface area (TPSA) is 97.4 Å². The highest BCUT2D eigenvalue weighted by Crippen LogP contribution is 2.33. The van der Waals surface area contributed by atoms with E-state index in [0.29, 0.717) is 22.8 Å². The number of alkyl halides is 2. The van der Waals surface area contributed by atoms with Crippen LogP contribution in [-0.2, 0) is 21.2 Å². The SMILES string of the molecule is O=C(CCc1ccc(S(=O)(=O)NC2CC2)cc1)Nc1nc(-c2ccccc2OC(F)F)cs1. The molecular weight excluding hydrogens is 472 g/mol. The second kappa shape index (κ2) is 9.94. The maximum Gasteiger partial charge on any atom is 0.387 e. The zero-order chi connectivity index (χ0) is 23.4. The summed E-state index contributed by atoms with van der Waals surface area (Å²) >= 11 is 1.18. The molecule has 1 amide bonds. The number of nitrogens with zero attached hydrogens (tertiary/aromatic N) is 1. The van der Waals surface area contributed by atoms with Crippen molar-refractivity contribution >= 4 is 32.4 Å². The molecule has 0 radical (unpaired) electrons. The molecule has 11 heteroatoms. The molecule has 1 aromatic heterocycles. The van der Waals surface area contributed by atoms with Crippen LogP contribution in [0, 0.1) is 0 Å². The first-order valence-electron chi connectivity index (χ1n) is 10.2. The quantitative estimate of drug-likeness (QED) is 0.436. The van der Waals surface area contributed by atoms with Crippen molar-refractivity contribution in [2.75, 3.05) is 5.32 Å². The van der Waals surface area contributed by atoms with Gasteiger partial charge in [-0.25, -0.2) is 18.1 Å². The summed E-state index contributed by atoms with van der Waals surface area (Å²) < 4.78 is 56.8. The van der Waals surface area contributed by atoms with Crippen LogP contribution in [0.3, 0.4) is 0 Å². The maximum absolute atomic E-state index is 12.6. The molecule has 2 aromatic carbocycles. The Balaban J connectivity index is 1.32. The average molecular weight is 494 g/mol. The van der Waals surface area contributed by atoms with Gasteiger partial charge >= 0.3 is 6.61 Å². The summed E-state index contributed by atoms with van der Waals surface area (Å²) in [6.45, 7) is -2.95. The van der Waals surface area contributed by atoms with Crippen molar-refractivity contribution in [1.82, 2.24) is 9.71 Å². The van der Waals surface area contributed by atoms with Gasteiger partial charge in [0.15, 0.2) is 5.13 Å². The van der Waals surface area contributed by atoms with Gasteiger partial charge in [-0.1, -0.05) is 24.3 Å². The van der Waals surface area contributed by atoms with Crippen molar-refractivity contribution in [2.24, 2.45) is 0 Å². The summed E-state index contributed by atoms with van der Waals surface area (Å²) in [4.78, 5) is 16.8. The Morgan fingerprint density at radius 1 is 1.15 bits per heavy atom. The van der Waals surface area contributed by atoms with Crippen molar-refractivity contribution in [3.8, 4) is 17.0 Å². The molecule has 1 heterocycles. The first-order chi connectivity index (χ1) is 15.8. The van der Waals surface area contributed by atoms with Crippen LogP contribution in [0.15, 0.2) is 58.8 Å². The molecule has 2 N–H and O–H groups in total. The minimum absolute atomic E-state index is 0.00784. The van der Waals surface area contributed by atoms with Crippen LogP contribution in [-0.4, -0.2) is 32.0 Å². The van der Waals surface area contributed by atoms with Gasteiger partial charge in [-0.2, -0.15) is 8.78 Å². The Hall–Kier alpha value is -2.89. The van der Waals surface area contributed by atoms with E-state index >= 15 is 0 Å². The van der Waals surface area contributed by atoms with Crippen molar-refractivity contribution < 1.29 is 26.7 Å². The van der Waals surface area contributed by atoms with E-state index in [0.717, 1.165) is 18.4 Å². The van der Waals surface area contributed by atoms with Crippen LogP contribution in [0.25, 0.3) is 11.3 Å². The number of aromatic nitrogens is 1. The fourth-order valence-corrected chi connectivity index (χ4v) is 5.13. The highest BCUT2D eigenvalue weighted by Gasteiger charge is 2.27. The van der Waals surface area contributed by atoms with E-state index in [4.69, 9.17) is 0 Å². The second-order valence-corrected chi connectivity index (χ2v) is 10.1. The largest absolute Gasteiger partial charge is 0.434 e. The highest BCUT2D eigenvalue weighted by atomic mass is 32.2. The smallest absolute Gasteiger partial charge is 0.387 e. The lowest BCUT2D eigenvalue weighted by Crippen LogP contribution is -2.25. The van der Waals surface area contributed by atoms with Gasteiger partial charge in [0, 0.05) is 23.4 Å². The number of nitrogens with one attached hydrogen (secondary N) is 2. The van der Waals surface area contributed by atoms with Gasteiger partial charge in [0.1, 0.15) is 5.75 Å². The van der Waals surface area contributed by atoms with Crippen LogP contribution in [0.4, 0.5) is 13.9 Å². The number of halogens is 2. The van der Waals surface area contributed by atoms with Gasteiger partial charge < -0.3 is 10.1 Å². The summed E-state index contributed by atoms with van der Waals surface area (Å²) in [6, 6.07) is 12.8. The summed E-state index contributed by atoms with van der Waals surface area (Å²) in [7, 11) is -3.50. The molecule has 33 heavy (non-hydrogen) atoms. The normalized spacial score (nSPS) is 13.8. The highest BCUT2D eigenvalue weighted by molar-refractivity contribution is 7.89. The van der Waals surface area contributed by atoms with Crippen LogP contribution in [0.2, 0.25) is 0 Å². The molecule has 0 bridgehead atoms. The first-order valence-corrected chi connectivity index (χ1v) is 12.6. The van der Waals surface area contributed by atoms with E-state index in [2.05, 4.69) is 19.8 Å². The van der Waals surface area contributed by atoms with Crippen LogP contribution >= 0.6 is 11.3 Å². The van der Waals surface area contributed by atoms with E-state index in [1.807, 2.05) is 0 Å². The Morgan fingerprint density at radius 2 is 1.88 bits per heavy atom. The Morgan fingerprint density at radius 3 is 2.58 bits per heavy atom. The van der Waals surface area contributed by atoms with Gasteiger partial charge in [-0.05, 0) is 49.1 Å². The first kappa shape index (κ1) is 23.3. The molecule has 7 nitrogen and oxygen atoms in total. The fourth-order valence-electron chi connectivity index (χ4n) is 3.10. The number of hydrogen-bond donors (Lipinski definition) is 2. The summed E-state index contributed by atoms with van der Waals surface area (Å²) in [5.74, 6) is -0.256. The molecule has 1 aliphatic carbocycles. The van der Waals surface area contributed by atoms with Gasteiger partial charge in [0.25, 0.3) is 0 Å². The van der Waals surface area contributed by atoms with Crippen molar-refractivity contribution in [3.05, 3.63) is 59.5 Å². The minimum atomic E-state index is -3.50. The Kier molecular flexibility index (Phi) is 7.01. The zero-order valence-electron chi connectivity index (χ0n) is 17.3. The predicted molar refractivity (Wildman–Crippen MR) is 121 cm³/mol. The summed E-state index contributed by atoms with van der Waals surface area (Å²) in [5.41, 5.74) is 1.65. The van der Waals surface area contributed by atoms with Gasteiger partial charge in [-0.3, -0.25) is 4.79 Å². The molecule has 0 atom stereocenters. The standard InChI is InChI=1S/C22H21F2N3O4S2/c23-21(24)31-19-4-2-1-3-17(19)18-13-32-22(25-18)26-20(28)12-7-14-5-10-16(11-6-14)33(29,30)27-15-8-9-15/h1-6,10-11,13,15,21,27H,7-9,12H2,(H,25,26,28). The van der Waals surface area contributed by atoms with E-state index in [9.17, 15) is 22.0 Å². The van der Waals surface area contributed by atoms with Crippen LogP contribution < -0.4 is 14.8 Å². The number of amides is 1. The Labute approximate surface area is 193 Å². The molecule has 0 saturated heterocycles. The van der Waals surface area contributed by atoms with Crippen LogP contribution in [0.1, 0.15) is 24.8 Å². The number of aryl methyl sites for hydroxylation is 1. The van der Waals surface area contributed by atoms with Crippen molar-refractivity contribution in [1.29, 1.82) is 0 Å². The van der Waals surface area contributed by atoms with E-state index in [1.54, 1.807) is 35.7 Å². The lowest BCUT2D eigenvalue weighted by Gasteiger charge is -2.08. The number of carbonyl (C=O) groups is 1. The monoisotopic (exact) mass is 493 g/mol. The van der Waals surface area contributed by atoms with E-state index in [1.165, 1.54) is 29.5 Å². The molecule has 1 aliphatic rings. The van der Waals surface area contributed by atoms with Gasteiger partial charge in [0.05, 0.1) is 10.6 Å². The number of sulfonamides is 1. The molecule has 4 rings (SSSR count). The third kappa shape index (κ3) is 6.34. The zero-order valence-corrected chi connectivity index (χ0v) is 19.0. The molecule has 1 saturated carbocycles. The number of ether oxygens (including phenoxy) is 1.